The second-order valence-corrected chi connectivity index (χ2v) is 4.83. The predicted octanol–water partition coefficient (Wildman–Crippen LogP) is 3.07. The van der Waals surface area contributed by atoms with Gasteiger partial charge in [-0.3, -0.25) is 0 Å². The highest BCUT2D eigenvalue weighted by Gasteiger charge is 2.24. The number of hydrogen-bond acceptors (Lipinski definition) is 2. The predicted molar refractivity (Wildman–Crippen MR) is 68.0 cm³/mol. The first-order valence-electron chi connectivity index (χ1n) is 5.88. The molecule has 1 aromatic carbocycles. The Kier molecular flexibility index (Phi) is 3.72. The molecule has 0 aromatic heterocycles. The Morgan fingerprint density at radius 1 is 1.44 bits per heavy atom. The van der Waals surface area contributed by atoms with Crippen LogP contribution in [0.15, 0.2) is 18.2 Å². The van der Waals surface area contributed by atoms with Crippen LogP contribution in [0.1, 0.15) is 25.3 Å². The number of anilines is 1. The van der Waals surface area contributed by atoms with Crippen LogP contribution in [0.25, 0.3) is 0 Å². The Labute approximate surface area is 102 Å². The minimum Gasteiger partial charge on any atom is -0.392 e. The summed E-state index contributed by atoms with van der Waals surface area (Å²) in [7, 11) is 0. The molecule has 2 nitrogen and oxygen atoms in total. The van der Waals surface area contributed by atoms with Crippen LogP contribution in [0.5, 0.6) is 0 Å². The van der Waals surface area contributed by atoms with Gasteiger partial charge in [0, 0.05) is 13.1 Å². The largest absolute Gasteiger partial charge is 0.392 e. The van der Waals surface area contributed by atoms with Gasteiger partial charge in [0.05, 0.1) is 17.3 Å². The van der Waals surface area contributed by atoms with E-state index in [1.807, 2.05) is 18.2 Å². The van der Waals surface area contributed by atoms with E-state index in [1.54, 1.807) is 0 Å². The first-order valence-corrected chi connectivity index (χ1v) is 6.26. The fourth-order valence-corrected chi connectivity index (χ4v) is 2.24. The van der Waals surface area contributed by atoms with Crippen molar-refractivity contribution in [3.8, 4) is 0 Å². The number of halogens is 1. The van der Waals surface area contributed by atoms with Gasteiger partial charge in [-0.05, 0) is 43.4 Å². The summed E-state index contributed by atoms with van der Waals surface area (Å²) < 4.78 is 0. The normalized spacial score (nSPS) is 15.2. The molecule has 0 heterocycles. The first kappa shape index (κ1) is 11.7. The van der Waals surface area contributed by atoms with Crippen molar-refractivity contribution >= 4 is 17.3 Å². The third kappa shape index (κ3) is 2.69. The van der Waals surface area contributed by atoms with Crippen LogP contribution >= 0.6 is 11.6 Å². The Bertz CT molecular complexity index is 363. The molecule has 1 aromatic rings. The summed E-state index contributed by atoms with van der Waals surface area (Å²) in [5.41, 5.74) is 1.96. The Balaban J connectivity index is 2.15. The fourth-order valence-electron chi connectivity index (χ4n) is 1.92. The zero-order chi connectivity index (χ0) is 11.5. The maximum atomic E-state index is 9.03. The van der Waals surface area contributed by atoms with Gasteiger partial charge in [-0.15, -0.1) is 0 Å². The SMILES string of the molecule is CCN(CC1CC1)c1ccc(CO)cc1Cl. The second-order valence-electron chi connectivity index (χ2n) is 4.43. The quantitative estimate of drug-likeness (QED) is 0.854. The molecule has 0 atom stereocenters. The Morgan fingerprint density at radius 3 is 2.69 bits per heavy atom. The summed E-state index contributed by atoms with van der Waals surface area (Å²) in [5.74, 6) is 0.855. The maximum absolute atomic E-state index is 9.03. The van der Waals surface area contributed by atoms with E-state index in [2.05, 4.69) is 11.8 Å². The summed E-state index contributed by atoms with van der Waals surface area (Å²) >= 11 is 6.23. The van der Waals surface area contributed by atoms with Crippen molar-refractivity contribution in [2.24, 2.45) is 5.92 Å². The molecule has 1 aliphatic carbocycles. The molecule has 0 aliphatic heterocycles. The van der Waals surface area contributed by atoms with E-state index in [4.69, 9.17) is 16.7 Å². The van der Waals surface area contributed by atoms with Crippen LogP contribution in [0.4, 0.5) is 5.69 Å². The van der Waals surface area contributed by atoms with Crippen LogP contribution in [0, 0.1) is 5.92 Å². The lowest BCUT2D eigenvalue weighted by Gasteiger charge is -2.24. The molecule has 1 fully saturated rings. The molecular formula is C13H18ClNO. The summed E-state index contributed by atoms with van der Waals surface area (Å²) in [5, 5.41) is 9.78. The lowest BCUT2D eigenvalue weighted by atomic mass is 10.2. The molecule has 88 valence electrons. The molecule has 16 heavy (non-hydrogen) atoms. The van der Waals surface area contributed by atoms with E-state index in [0.717, 1.165) is 35.3 Å². The average molecular weight is 240 g/mol. The van der Waals surface area contributed by atoms with Crippen LogP contribution in [0.2, 0.25) is 5.02 Å². The molecule has 2 rings (SSSR count). The van der Waals surface area contributed by atoms with Crippen molar-refractivity contribution in [3.63, 3.8) is 0 Å². The number of aliphatic hydroxyl groups is 1. The molecule has 0 radical (unpaired) electrons. The monoisotopic (exact) mass is 239 g/mol. The van der Waals surface area contributed by atoms with Gasteiger partial charge in [-0.2, -0.15) is 0 Å². The van der Waals surface area contributed by atoms with Crippen LogP contribution in [-0.4, -0.2) is 18.2 Å². The highest BCUT2D eigenvalue weighted by Crippen LogP contribution is 2.34. The van der Waals surface area contributed by atoms with E-state index in [1.165, 1.54) is 12.8 Å². The van der Waals surface area contributed by atoms with Gasteiger partial charge in [0.2, 0.25) is 0 Å². The van der Waals surface area contributed by atoms with E-state index in [0.29, 0.717) is 0 Å². The maximum Gasteiger partial charge on any atom is 0.0682 e. The summed E-state index contributed by atoms with van der Waals surface area (Å²) in [6.45, 7) is 4.29. The highest BCUT2D eigenvalue weighted by molar-refractivity contribution is 6.33. The molecule has 1 aliphatic rings. The van der Waals surface area contributed by atoms with Crippen molar-refractivity contribution in [2.75, 3.05) is 18.0 Å². The molecule has 0 bridgehead atoms. The van der Waals surface area contributed by atoms with Crippen molar-refractivity contribution in [1.29, 1.82) is 0 Å². The van der Waals surface area contributed by atoms with Crippen molar-refractivity contribution in [3.05, 3.63) is 28.8 Å². The number of aliphatic hydroxyl groups excluding tert-OH is 1. The third-order valence-corrected chi connectivity index (χ3v) is 3.40. The number of nitrogens with zero attached hydrogens (tertiary/aromatic N) is 1. The lowest BCUT2D eigenvalue weighted by molar-refractivity contribution is 0.282. The molecule has 0 saturated heterocycles. The van der Waals surface area contributed by atoms with Crippen LogP contribution in [0.3, 0.4) is 0 Å². The molecule has 1 saturated carbocycles. The summed E-state index contributed by atoms with van der Waals surface area (Å²) in [6.07, 6.45) is 2.70. The van der Waals surface area contributed by atoms with Gasteiger partial charge in [-0.25, -0.2) is 0 Å². The molecular weight excluding hydrogens is 222 g/mol. The van der Waals surface area contributed by atoms with Crippen molar-refractivity contribution in [2.45, 2.75) is 26.4 Å². The molecule has 0 unspecified atom stereocenters. The standard InChI is InChI=1S/C13H18ClNO/c1-2-15(8-10-3-4-10)13-6-5-11(9-16)7-12(13)14/h5-7,10,16H,2-4,8-9H2,1H3. The minimum atomic E-state index is 0.0503. The van der Waals surface area contributed by atoms with E-state index in [9.17, 15) is 0 Å². The van der Waals surface area contributed by atoms with Crippen LogP contribution in [-0.2, 0) is 6.61 Å². The van der Waals surface area contributed by atoms with Gasteiger partial charge in [0.1, 0.15) is 0 Å². The summed E-state index contributed by atoms with van der Waals surface area (Å²) in [6, 6.07) is 5.81. The molecule has 0 spiro atoms. The lowest BCUT2D eigenvalue weighted by Crippen LogP contribution is -2.25. The molecule has 0 amide bonds. The smallest absolute Gasteiger partial charge is 0.0682 e. The molecule has 1 N–H and O–H groups in total. The summed E-state index contributed by atoms with van der Waals surface area (Å²) in [4.78, 5) is 2.32. The molecule has 3 heteroatoms. The zero-order valence-electron chi connectivity index (χ0n) is 9.62. The minimum absolute atomic E-state index is 0.0503. The highest BCUT2D eigenvalue weighted by atomic mass is 35.5. The van der Waals surface area contributed by atoms with Crippen molar-refractivity contribution in [1.82, 2.24) is 0 Å². The third-order valence-electron chi connectivity index (χ3n) is 3.09. The number of benzene rings is 1. The topological polar surface area (TPSA) is 23.5 Å². The number of hydrogen-bond donors (Lipinski definition) is 1. The first-order chi connectivity index (χ1) is 7.74. The second kappa shape index (κ2) is 5.07. The van der Waals surface area contributed by atoms with Gasteiger partial charge < -0.3 is 10.0 Å². The van der Waals surface area contributed by atoms with E-state index in [-0.39, 0.29) is 6.61 Å². The van der Waals surface area contributed by atoms with Crippen molar-refractivity contribution < 1.29 is 5.11 Å². The van der Waals surface area contributed by atoms with Gasteiger partial charge in [0.25, 0.3) is 0 Å². The number of rotatable bonds is 5. The van der Waals surface area contributed by atoms with Gasteiger partial charge in [-0.1, -0.05) is 17.7 Å². The Hall–Kier alpha value is -0.730. The van der Waals surface area contributed by atoms with E-state index < -0.39 is 0 Å². The van der Waals surface area contributed by atoms with Gasteiger partial charge >= 0.3 is 0 Å². The van der Waals surface area contributed by atoms with Gasteiger partial charge in [0.15, 0.2) is 0 Å². The fraction of sp³-hybridized carbons (Fsp3) is 0.538. The average Bonchev–Trinajstić information content (AvgIpc) is 3.10. The van der Waals surface area contributed by atoms with Crippen LogP contribution < -0.4 is 4.90 Å². The zero-order valence-corrected chi connectivity index (χ0v) is 10.4. The van der Waals surface area contributed by atoms with E-state index >= 15 is 0 Å². The Morgan fingerprint density at radius 2 is 2.19 bits per heavy atom.